The molecule has 11 heteroatoms. The first-order chi connectivity index (χ1) is 12.1. The van der Waals surface area contributed by atoms with Crippen molar-refractivity contribution in [2.45, 2.75) is 0 Å². The van der Waals surface area contributed by atoms with Gasteiger partial charge in [-0.25, -0.2) is 0 Å². The van der Waals surface area contributed by atoms with E-state index in [1.54, 1.807) is 43.1 Å². The summed E-state index contributed by atoms with van der Waals surface area (Å²) < 4.78 is 15.4. The lowest BCUT2D eigenvalue weighted by atomic mass is 10.5. The molecule has 0 saturated carbocycles. The van der Waals surface area contributed by atoms with E-state index in [-0.39, 0.29) is 33.4 Å². The molecule has 0 bridgehead atoms. The van der Waals surface area contributed by atoms with Gasteiger partial charge in [-0.1, -0.05) is 0 Å². The number of anilines is 3. The van der Waals surface area contributed by atoms with Crippen LogP contribution in [0.15, 0.2) is 0 Å². The number of aliphatic hydroxyl groups is 2. The van der Waals surface area contributed by atoms with Crippen molar-refractivity contribution in [3.8, 4) is 0 Å². The normalized spacial score (nSPS) is 10.8. The van der Waals surface area contributed by atoms with E-state index in [1.807, 2.05) is 0 Å². The number of hydrogen-bond donors (Lipinski definition) is 2. The minimum absolute atomic E-state index is 0.0773. The molecule has 11 nitrogen and oxygen atoms in total. The molecule has 1 rings (SSSR count). The summed E-state index contributed by atoms with van der Waals surface area (Å²) in [5, 5.41) is 18.5. The maximum atomic E-state index is 9.27. The number of ether oxygens (including phenoxy) is 3. The Labute approximate surface area is 147 Å². The molecule has 0 spiro atoms. The molecule has 0 fully saturated rings. The van der Waals surface area contributed by atoms with Crippen LogP contribution in [0.1, 0.15) is 0 Å². The number of rotatable bonds is 13. The predicted molar refractivity (Wildman–Crippen MR) is 92.7 cm³/mol. The van der Waals surface area contributed by atoms with Gasteiger partial charge in [-0.2, -0.15) is 15.0 Å². The Morgan fingerprint density at radius 3 is 1.48 bits per heavy atom. The van der Waals surface area contributed by atoms with Crippen molar-refractivity contribution in [1.82, 2.24) is 15.0 Å². The van der Waals surface area contributed by atoms with E-state index in [1.165, 1.54) is 0 Å². The van der Waals surface area contributed by atoms with Crippen molar-refractivity contribution >= 4 is 17.8 Å². The van der Waals surface area contributed by atoms with Crippen molar-refractivity contribution < 1.29 is 24.4 Å². The zero-order chi connectivity index (χ0) is 18.7. The van der Waals surface area contributed by atoms with E-state index in [9.17, 15) is 10.2 Å². The van der Waals surface area contributed by atoms with Crippen LogP contribution in [0.2, 0.25) is 0 Å². The molecule has 0 aliphatic heterocycles. The molecule has 2 N–H and O–H groups in total. The highest BCUT2D eigenvalue weighted by Crippen LogP contribution is 2.18. The molecule has 0 aromatic carbocycles. The summed E-state index contributed by atoms with van der Waals surface area (Å²) in [6, 6.07) is 0. The van der Waals surface area contributed by atoms with Gasteiger partial charge in [0.05, 0.1) is 13.2 Å². The Balaban J connectivity index is 3.28. The summed E-state index contributed by atoms with van der Waals surface area (Å²) >= 11 is 0. The first-order valence-electron chi connectivity index (χ1n) is 7.76. The molecule has 0 saturated heterocycles. The third-order valence-electron chi connectivity index (χ3n) is 3.14. The molecule has 0 aliphatic carbocycles. The molecule has 1 aromatic rings. The Morgan fingerprint density at radius 2 is 1.12 bits per heavy atom. The Bertz CT molecular complexity index is 449. The average molecular weight is 360 g/mol. The Kier molecular flexibility index (Phi) is 9.96. The van der Waals surface area contributed by atoms with Crippen LogP contribution in [-0.2, 0) is 14.2 Å². The van der Waals surface area contributed by atoms with Crippen molar-refractivity contribution in [1.29, 1.82) is 0 Å². The summed E-state index contributed by atoms with van der Waals surface area (Å²) in [4.78, 5) is 18.3. The molecule has 0 unspecified atom stereocenters. The quantitative estimate of drug-likeness (QED) is 0.410. The monoisotopic (exact) mass is 360 g/mol. The second-order valence-electron chi connectivity index (χ2n) is 5.16. The van der Waals surface area contributed by atoms with Gasteiger partial charge in [0.2, 0.25) is 17.8 Å². The highest BCUT2D eigenvalue weighted by atomic mass is 16.5. The fourth-order valence-corrected chi connectivity index (χ4v) is 2.05. The zero-order valence-electron chi connectivity index (χ0n) is 15.3. The van der Waals surface area contributed by atoms with E-state index in [2.05, 4.69) is 15.0 Å². The maximum Gasteiger partial charge on any atom is 0.233 e. The van der Waals surface area contributed by atoms with Crippen molar-refractivity contribution in [2.75, 3.05) is 89.6 Å². The van der Waals surface area contributed by atoms with Gasteiger partial charge in [-0.15, -0.1) is 0 Å². The third-order valence-corrected chi connectivity index (χ3v) is 3.14. The average Bonchev–Trinajstić information content (AvgIpc) is 2.61. The summed E-state index contributed by atoms with van der Waals surface area (Å²) in [5.74, 6) is 1.08. The van der Waals surface area contributed by atoms with Crippen LogP contribution in [0.4, 0.5) is 17.8 Å². The van der Waals surface area contributed by atoms with Gasteiger partial charge < -0.3 is 39.1 Å². The van der Waals surface area contributed by atoms with Crippen molar-refractivity contribution in [3.05, 3.63) is 0 Å². The lowest BCUT2D eigenvalue weighted by Gasteiger charge is -2.26. The number of methoxy groups -OCH3 is 3. The van der Waals surface area contributed by atoms with Gasteiger partial charge >= 0.3 is 0 Å². The first-order valence-corrected chi connectivity index (χ1v) is 7.76. The van der Waals surface area contributed by atoms with E-state index in [0.717, 1.165) is 0 Å². The number of hydrogen-bond acceptors (Lipinski definition) is 11. The predicted octanol–water partition coefficient (Wildman–Crippen LogP) is -1.28. The highest BCUT2D eigenvalue weighted by molar-refractivity contribution is 5.45. The Hall–Kier alpha value is -1.79. The lowest BCUT2D eigenvalue weighted by molar-refractivity contribution is 0.185. The molecule has 144 valence electrons. The topological polar surface area (TPSA) is 117 Å². The van der Waals surface area contributed by atoms with E-state index < -0.39 is 0 Å². The molecular formula is C14H28N6O5. The smallest absolute Gasteiger partial charge is 0.233 e. The summed E-state index contributed by atoms with van der Waals surface area (Å²) in [6.45, 7) is 1.16. The van der Waals surface area contributed by atoms with Gasteiger partial charge in [0, 0.05) is 41.5 Å². The minimum atomic E-state index is -0.0773. The molecule has 1 heterocycles. The van der Waals surface area contributed by atoms with Crippen LogP contribution in [0, 0.1) is 0 Å². The molecular weight excluding hydrogens is 332 g/mol. The minimum Gasteiger partial charge on any atom is -0.395 e. The molecule has 1 aromatic heterocycles. The van der Waals surface area contributed by atoms with E-state index >= 15 is 0 Å². The Morgan fingerprint density at radius 1 is 0.720 bits per heavy atom. The van der Waals surface area contributed by atoms with Crippen molar-refractivity contribution in [3.63, 3.8) is 0 Å². The highest BCUT2D eigenvalue weighted by Gasteiger charge is 2.19. The maximum absolute atomic E-state index is 9.27. The summed E-state index contributed by atoms with van der Waals surface area (Å²) in [7, 11) is 6.46. The second kappa shape index (κ2) is 11.7. The van der Waals surface area contributed by atoms with E-state index in [0.29, 0.717) is 30.9 Å². The summed E-state index contributed by atoms with van der Waals surface area (Å²) in [5.41, 5.74) is 0. The second-order valence-corrected chi connectivity index (χ2v) is 5.16. The van der Waals surface area contributed by atoms with E-state index in [4.69, 9.17) is 14.2 Å². The standard InChI is InChI=1S/C14H28N6O5/c1-18(9-23-2)12-15-13(19(5-7-21)10-24-3)17-14(16-12)20(6-8-22)11-25-4/h21-22H,5-11H2,1-4H3. The van der Waals surface area contributed by atoms with Crippen LogP contribution in [0.5, 0.6) is 0 Å². The fraction of sp³-hybridized carbons (Fsp3) is 0.786. The van der Waals surface area contributed by atoms with Crippen LogP contribution in [0.3, 0.4) is 0 Å². The molecule has 0 atom stereocenters. The molecule has 0 amide bonds. The SMILES string of the molecule is COCN(C)c1nc(N(CCO)COC)nc(N(CCO)COC)n1. The van der Waals surface area contributed by atoms with Gasteiger partial charge in [0.1, 0.15) is 20.2 Å². The first kappa shape index (κ1) is 21.3. The van der Waals surface area contributed by atoms with Gasteiger partial charge in [-0.05, 0) is 0 Å². The fourth-order valence-electron chi connectivity index (χ4n) is 2.05. The molecule has 25 heavy (non-hydrogen) atoms. The van der Waals surface area contributed by atoms with Crippen LogP contribution in [-0.4, -0.2) is 100 Å². The van der Waals surface area contributed by atoms with Crippen molar-refractivity contribution in [2.24, 2.45) is 0 Å². The van der Waals surface area contributed by atoms with Crippen LogP contribution < -0.4 is 14.7 Å². The lowest BCUT2D eigenvalue weighted by Crippen LogP contribution is -2.35. The zero-order valence-corrected chi connectivity index (χ0v) is 15.3. The van der Waals surface area contributed by atoms with Gasteiger partial charge in [-0.3, -0.25) is 0 Å². The molecule has 0 aliphatic rings. The number of aromatic nitrogens is 3. The third kappa shape index (κ3) is 6.55. The van der Waals surface area contributed by atoms with Gasteiger partial charge in [0.25, 0.3) is 0 Å². The largest absolute Gasteiger partial charge is 0.395 e. The van der Waals surface area contributed by atoms with Crippen LogP contribution >= 0.6 is 0 Å². The molecule has 0 radical (unpaired) electrons. The van der Waals surface area contributed by atoms with Crippen LogP contribution in [0.25, 0.3) is 0 Å². The van der Waals surface area contributed by atoms with Gasteiger partial charge in [0.15, 0.2) is 0 Å². The summed E-state index contributed by atoms with van der Waals surface area (Å²) in [6.07, 6.45) is 0. The number of aliphatic hydroxyl groups excluding tert-OH is 2. The number of nitrogens with zero attached hydrogens (tertiary/aromatic N) is 6.